The van der Waals surface area contributed by atoms with Gasteiger partial charge in [0.05, 0.1) is 37.0 Å². The molecule has 0 saturated carbocycles. The summed E-state index contributed by atoms with van der Waals surface area (Å²) in [6, 6.07) is 12.5. The third kappa shape index (κ3) is 23.7. The van der Waals surface area contributed by atoms with Gasteiger partial charge in [0.15, 0.2) is 0 Å². The molecule has 0 nitrogen and oxygen atoms in total. The van der Waals surface area contributed by atoms with Gasteiger partial charge in [0.25, 0.3) is 0 Å². The number of rotatable bonds is 6. The molecule has 0 N–H and O–H groups in total. The molecule has 0 atom stereocenters. The molecule has 0 aromatic heterocycles. The molecule has 0 radical (unpaired) electrons. The van der Waals surface area contributed by atoms with Gasteiger partial charge >= 0.3 is 35.1 Å². The predicted octanol–water partition coefficient (Wildman–Crippen LogP) is 6.89. The number of hydrogen-bond acceptors (Lipinski definition) is 0. The molecule has 0 spiro atoms. The van der Waals surface area contributed by atoms with E-state index in [0.29, 0.717) is 0 Å². The van der Waals surface area contributed by atoms with E-state index in [4.69, 9.17) is 0 Å². The second-order valence-corrected chi connectivity index (χ2v) is 11.9. The van der Waals surface area contributed by atoms with Gasteiger partial charge < -0.3 is 0 Å². The van der Waals surface area contributed by atoms with Gasteiger partial charge in [0, 0.05) is 0 Å². The Morgan fingerprint density at radius 1 is 0.636 bits per heavy atom. The summed E-state index contributed by atoms with van der Waals surface area (Å²) in [5.74, 6) is 0. The van der Waals surface area contributed by atoms with Crippen LogP contribution in [0.5, 0.6) is 0 Å². The maximum Gasteiger partial charge on any atom is -0.171 e. The summed E-state index contributed by atoms with van der Waals surface area (Å²) in [6.45, 7) is 13.8. The molecule has 0 unspecified atom stereocenters. The van der Waals surface area contributed by atoms with Crippen LogP contribution in [0.15, 0.2) is 30.3 Å². The Morgan fingerprint density at radius 2 is 0.909 bits per heavy atom. The monoisotopic (exact) mass is 548 g/mol. The maximum absolute atomic E-state index is 2.89. The molecule has 0 heterocycles. The van der Waals surface area contributed by atoms with Gasteiger partial charge in [-0.05, 0) is 57.4 Å². The Bertz CT molecular complexity index is 203. The van der Waals surface area contributed by atoms with Gasteiger partial charge in [0.1, 0.15) is 0 Å². The van der Waals surface area contributed by atoms with Crippen LogP contribution >= 0.6 is 35.4 Å². The van der Waals surface area contributed by atoms with Crippen molar-refractivity contribution in [2.45, 2.75) is 41.5 Å². The normalized spacial score (nSPS) is 9.05. The average molecular weight is 549 g/mol. The van der Waals surface area contributed by atoms with Crippen LogP contribution < -0.4 is 0 Å². The molecule has 0 amide bonds. The third-order valence-corrected chi connectivity index (χ3v) is 9.61. The van der Waals surface area contributed by atoms with Crippen LogP contribution in [0.3, 0.4) is 0 Å². The minimum Gasteiger partial charge on any atom is -0.184 e. The zero-order valence-electron chi connectivity index (χ0n) is 15.3. The van der Waals surface area contributed by atoms with Crippen LogP contribution in [0.1, 0.15) is 41.5 Å². The zero-order valence-corrected chi connectivity index (χ0v) is 21.0. The van der Waals surface area contributed by atoms with Crippen LogP contribution in [0.2, 0.25) is 0 Å². The van der Waals surface area contributed by atoms with Crippen molar-refractivity contribution in [2.24, 2.45) is 0 Å². The van der Waals surface area contributed by atoms with Gasteiger partial charge in [-0.15, -0.1) is 0 Å². The quantitative estimate of drug-likeness (QED) is 0.157. The largest absolute Gasteiger partial charge is 0.184 e. The predicted molar refractivity (Wildman–Crippen MR) is 119 cm³/mol. The molecule has 1 aromatic rings. The van der Waals surface area contributed by atoms with E-state index in [1.807, 2.05) is 49.8 Å². The Kier molecular flexibility index (Phi) is 35.1. The summed E-state index contributed by atoms with van der Waals surface area (Å²) < 4.78 is 0. The smallest absolute Gasteiger partial charge is 0.171 e. The van der Waals surface area contributed by atoms with Crippen molar-refractivity contribution in [3.05, 3.63) is 36.4 Å². The maximum atomic E-state index is 2.89. The number of benzene rings is 1. The van der Waals surface area contributed by atoms with Crippen molar-refractivity contribution in [3.63, 3.8) is 0 Å². The zero-order chi connectivity index (χ0) is 17.6. The van der Waals surface area contributed by atoms with Crippen LogP contribution in [0.25, 0.3) is 0 Å². The fourth-order valence-corrected chi connectivity index (χ4v) is 4.84. The molecule has 0 aliphatic heterocycles. The Morgan fingerprint density at radius 3 is 0.955 bits per heavy atom. The minimum atomic E-state index is 0.137. The molecule has 0 aliphatic rings. The molecule has 0 saturated heterocycles. The standard InChI is InChI=1S/2C6H15P.C6H5.HI.Pd/c2*1-4-7(5-2)6-3;1-2-4-6-5-3-1;;/h2*4-6H2,1-3H3;1-5H;1H;/q;;-1;;+2/p+1. The molecule has 22 heavy (non-hydrogen) atoms. The van der Waals surface area contributed by atoms with Crippen molar-refractivity contribution in [2.75, 3.05) is 37.0 Å². The SMILES string of the molecule is CC[PH+](CC)CC.CC[PH+](CC)CC.[Pd+][I].[c-]1ccccc1. The van der Waals surface area contributed by atoms with E-state index in [0.717, 1.165) is 0 Å². The Labute approximate surface area is 164 Å². The molecular weight excluding hydrogens is 511 g/mol. The summed E-state index contributed by atoms with van der Waals surface area (Å²) in [5.41, 5.74) is 0. The topological polar surface area (TPSA) is 0 Å². The summed E-state index contributed by atoms with van der Waals surface area (Å²) in [7, 11) is 0.275. The first-order chi connectivity index (χ1) is 10.7. The van der Waals surface area contributed by atoms with Crippen LogP contribution in [-0.4, -0.2) is 37.0 Å². The first-order valence-corrected chi connectivity index (χ1v) is 17.3. The summed E-state index contributed by atoms with van der Waals surface area (Å²) in [6.07, 6.45) is 8.74. The first-order valence-electron chi connectivity index (χ1n) is 8.39. The van der Waals surface area contributed by atoms with Crippen LogP contribution in [0.4, 0.5) is 0 Å². The van der Waals surface area contributed by atoms with Crippen molar-refractivity contribution < 1.29 is 15.6 Å². The van der Waals surface area contributed by atoms with Gasteiger partial charge in [-0.3, -0.25) is 0 Å². The Balaban J connectivity index is -0.000000233. The Hall–Kier alpha value is 1.47. The fourth-order valence-electron chi connectivity index (χ4n) is 1.84. The van der Waals surface area contributed by atoms with E-state index >= 15 is 0 Å². The molecule has 0 fully saturated rings. The van der Waals surface area contributed by atoms with E-state index in [1.54, 1.807) is 0 Å². The van der Waals surface area contributed by atoms with Gasteiger partial charge in [0.2, 0.25) is 0 Å². The van der Waals surface area contributed by atoms with E-state index in [1.165, 1.54) is 37.0 Å². The number of hydrogen-bond donors (Lipinski definition) is 0. The van der Waals surface area contributed by atoms with Crippen molar-refractivity contribution in [1.29, 1.82) is 0 Å². The van der Waals surface area contributed by atoms with Gasteiger partial charge in [-0.1, -0.05) is 0 Å². The molecular formula is C18H37IP2Pd+2. The van der Waals surface area contributed by atoms with E-state index < -0.39 is 0 Å². The number of halogens is 1. The molecule has 0 bridgehead atoms. The van der Waals surface area contributed by atoms with Crippen molar-refractivity contribution >= 4 is 35.4 Å². The molecule has 4 heteroatoms. The summed E-state index contributed by atoms with van der Waals surface area (Å²) in [4.78, 5) is 0. The van der Waals surface area contributed by atoms with Gasteiger partial charge in [-0.25, -0.2) is 0 Å². The van der Waals surface area contributed by atoms with Crippen LogP contribution in [0, 0.1) is 6.07 Å². The van der Waals surface area contributed by atoms with Gasteiger partial charge in [-0.2, -0.15) is 36.4 Å². The fraction of sp³-hybridized carbons (Fsp3) is 0.667. The van der Waals surface area contributed by atoms with Crippen molar-refractivity contribution in [3.8, 4) is 0 Å². The average Bonchev–Trinajstić information content (AvgIpc) is 2.62. The first kappa shape index (κ1) is 28.3. The molecule has 1 rings (SSSR count). The molecule has 1 aromatic carbocycles. The van der Waals surface area contributed by atoms with Crippen molar-refractivity contribution in [1.82, 2.24) is 0 Å². The second-order valence-electron chi connectivity index (χ2n) is 4.70. The van der Waals surface area contributed by atoms with E-state index in [2.05, 4.69) is 63.2 Å². The van der Waals surface area contributed by atoms with Crippen LogP contribution in [-0.2, 0) is 15.6 Å². The third-order valence-electron chi connectivity index (χ3n) is 3.61. The summed E-state index contributed by atoms with van der Waals surface area (Å²) in [5, 5.41) is 0. The molecule has 134 valence electrons. The van der Waals surface area contributed by atoms with E-state index in [-0.39, 0.29) is 15.8 Å². The minimum absolute atomic E-state index is 0.137. The second kappa shape index (κ2) is 27.3. The molecule has 0 aliphatic carbocycles. The summed E-state index contributed by atoms with van der Waals surface area (Å²) >= 11 is 4.72. The van der Waals surface area contributed by atoms with E-state index in [9.17, 15) is 0 Å².